The molecule has 170 valence electrons. The molecule has 1 aliphatic heterocycles. The Balaban J connectivity index is 1.65. The van der Waals surface area contributed by atoms with Crippen LogP contribution in [0, 0.1) is 0 Å². The average Bonchev–Trinajstić information content (AvgIpc) is 3.35. The Morgan fingerprint density at radius 1 is 0.818 bits per heavy atom. The van der Waals surface area contributed by atoms with Crippen LogP contribution >= 0.6 is 0 Å². The van der Waals surface area contributed by atoms with E-state index in [1.165, 1.54) is 0 Å². The first-order valence-corrected chi connectivity index (χ1v) is 11.6. The van der Waals surface area contributed by atoms with Gasteiger partial charge in [-0.2, -0.15) is 0 Å². The van der Waals surface area contributed by atoms with Crippen molar-refractivity contribution in [2.24, 2.45) is 0 Å². The predicted octanol–water partition coefficient (Wildman–Crippen LogP) is 5.20. The highest BCUT2D eigenvalue weighted by atomic mass is 16.2. The first-order chi connectivity index (χ1) is 16.0. The quantitative estimate of drug-likeness (QED) is 0.530. The van der Waals surface area contributed by atoms with E-state index in [4.69, 9.17) is 0 Å². The second-order valence-corrected chi connectivity index (χ2v) is 8.80. The lowest BCUT2D eigenvalue weighted by molar-refractivity contribution is -0.116. The lowest BCUT2D eigenvalue weighted by atomic mass is 9.90. The Labute approximate surface area is 195 Å². The van der Waals surface area contributed by atoms with Crippen LogP contribution in [-0.2, 0) is 4.79 Å². The van der Waals surface area contributed by atoms with Gasteiger partial charge in [-0.15, -0.1) is 0 Å². The molecule has 5 heteroatoms. The van der Waals surface area contributed by atoms with E-state index in [9.17, 15) is 9.59 Å². The second-order valence-electron chi connectivity index (χ2n) is 8.80. The maximum atomic E-state index is 13.5. The van der Waals surface area contributed by atoms with E-state index >= 15 is 0 Å². The molecule has 0 bridgehead atoms. The van der Waals surface area contributed by atoms with Gasteiger partial charge in [0.1, 0.15) is 0 Å². The van der Waals surface area contributed by atoms with Crippen LogP contribution in [0.5, 0.6) is 0 Å². The minimum absolute atomic E-state index is 0.0303. The fourth-order valence-electron chi connectivity index (χ4n) is 4.37. The van der Waals surface area contributed by atoms with Crippen molar-refractivity contribution in [2.75, 3.05) is 23.3 Å². The summed E-state index contributed by atoms with van der Waals surface area (Å²) in [7, 11) is 0. The first kappa shape index (κ1) is 22.6. The van der Waals surface area contributed by atoms with Gasteiger partial charge < -0.3 is 15.5 Å². The van der Waals surface area contributed by atoms with E-state index in [2.05, 4.69) is 15.5 Å². The van der Waals surface area contributed by atoms with Gasteiger partial charge in [0.2, 0.25) is 5.91 Å². The summed E-state index contributed by atoms with van der Waals surface area (Å²) in [5.41, 5.74) is 3.99. The Bertz CT molecular complexity index is 1050. The third-order valence-electron chi connectivity index (χ3n) is 5.90. The van der Waals surface area contributed by atoms with Gasteiger partial charge in [-0.25, -0.2) is 0 Å². The number of carbonyl (C=O) groups excluding carboxylic acids is 2. The number of hydrogen-bond acceptors (Lipinski definition) is 3. The van der Waals surface area contributed by atoms with E-state index in [0.717, 1.165) is 42.7 Å². The molecule has 0 radical (unpaired) electrons. The molecule has 0 unspecified atom stereocenters. The van der Waals surface area contributed by atoms with Gasteiger partial charge >= 0.3 is 0 Å². The Morgan fingerprint density at radius 2 is 1.39 bits per heavy atom. The van der Waals surface area contributed by atoms with Gasteiger partial charge in [0, 0.05) is 30.5 Å². The molecule has 5 nitrogen and oxygen atoms in total. The van der Waals surface area contributed by atoms with Crippen molar-refractivity contribution in [2.45, 2.75) is 38.6 Å². The van der Waals surface area contributed by atoms with E-state index < -0.39 is 5.92 Å². The normalized spacial score (nSPS) is 13.4. The molecule has 3 aromatic rings. The minimum atomic E-state index is -0.446. The molecule has 1 fully saturated rings. The number of benzene rings is 3. The number of nitrogens with one attached hydrogen (secondary N) is 2. The standard InChI is InChI=1S/C28H31N3O2/c1-20(2)29-27(32)24-19-23(15-16-25(24)31-17-9-10-18-31)30-28(33)26(21-11-5-3-6-12-21)22-13-7-4-8-14-22/h3-8,11-16,19-20,26H,9-10,17-18H2,1-2H3,(H,29,32)(H,30,33). The molecule has 2 amide bonds. The van der Waals surface area contributed by atoms with E-state index in [-0.39, 0.29) is 17.9 Å². The third-order valence-corrected chi connectivity index (χ3v) is 5.90. The Morgan fingerprint density at radius 3 is 1.94 bits per heavy atom. The van der Waals surface area contributed by atoms with Crippen molar-refractivity contribution in [3.63, 3.8) is 0 Å². The molecule has 0 saturated carbocycles. The lowest BCUT2D eigenvalue weighted by Gasteiger charge is -2.23. The highest BCUT2D eigenvalue weighted by Crippen LogP contribution is 2.30. The minimum Gasteiger partial charge on any atom is -0.371 e. The number of carbonyl (C=O) groups is 2. The van der Waals surface area contributed by atoms with Crippen LogP contribution in [0.25, 0.3) is 0 Å². The molecule has 0 atom stereocenters. The summed E-state index contributed by atoms with van der Waals surface area (Å²) < 4.78 is 0. The SMILES string of the molecule is CC(C)NC(=O)c1cc(NC(=O)C(c2ccccc2)c2ccccc2)ccc1N1CCCC1. The summed E-state index contributed by atoms with van der Waals surface area (Å²) in [6, 6.07) is 25.2. The zero-order valence-corrected chi connectivity index (χ0v) is 19.3. The first-order valence-electron chi connectivity index (χ1n) is 11.6. The summed E-state index contributed by atoms with van der Waals surface area (Å²) >= 11 is 0. The summed E-state index contributed by atoms with van der Waals surface area (Å²) in [4.78, 5) is 28.7. The van der Waals surface area contributed by atoms with Crippen molar-refractivity contribution in [1.29, 1.82) is 0 Å². The Kier molecular flexibility index (Phi) is 7.08. The number of hydrogen-bond donors (Lipinski definition) is 2. The number of nitrogens with zero attached hydrogens (tertiary/aromatic N) is 1. The van der Waals surface area contributed by atoms with E-state index in [0.29, 0.717) is 11.3 Å². The summed E-state index contributed by atoms with van der Waals surface area (Å²) in [6.07, 6.45) is 2.25. The molecule has 1 heterocycles. The monoisotopic (exact) mass is 441 g/mol. The zero-order chi connectivity index (χ0) is 23.2. The number of amides is 2. The van der Waals surface area contributed by atoms with Gasteiger partial charge in [-0.1, -0.05) is 60.7 Å². The topological polar surface area (TPSA) is 61.4 Å². The van der Waals surface area contributed by atoms with Crippen molar-refractivity contribution in [1.82, 2.24) is 5.32 Å². The van der Waals surface area contributed by atoms with Crippen LogP contribution in [0.3, 0.4) is 0 Å². The molecule has 1 saturated heterocycles. The van der Waals surface area contributed by atoms with Crippen molar-refractivity contribution in [3.05, 3.63) is 95.6 Å². The van der Waals surface area contributed by atoms with Gasteiger partial charge in [-0.05, 0) is 56.0 Å². The predicted molar refractivity (Wildman–Crippen MR) is 134 cm³/mol. The molecule has 0 spiro atoms. The summed E-state index contributed by atoms with van der Waals surface area (Å²) in [6.45, 7) is 5.78. The van der Waals surface area contributed by atoms with Crippen molar-refractivity contribution in [3.8, 4) is 0 Å². The molecule has 33 heavy (non-hydrogen) atoms. The van der Waals surface area contributed by atoms with E-state index in [1.54, 1.807) is 6.07 Å². The van der Waals surface area contributed by atoms with Crippen LogP contribution in [0.2, 0.25) is 0 Å². The molecule has 2 N–H and O–H groups in total. The van der Waals surface area contributed by atoms with Crippen molar-refractivity contribution >= 4 is 23.2 Å². The van der Waals surface area contributed by atoms with Crippen molar-refractivity contribution < 1.29 is 9.59 Å². The highest BCUT2D eigenvalue weighted by molar-refractivity contribution is 6.03. The van der Waals surface area contributed by atoms with Crippen LogP contribution in [-0.4, -0.2) is 30.9 Å². The molecule has 0 aliphatic carbocycles. The van der Waals surface area contributed by atoms with Crippen LogP contribution in [0.1, 0.15) is 54.1 Å². The van der Waals surface area contributed by atoms with Crippen LogP contribution in [0.4, 0.5) is 11.4 Å². The molecule has 3 aromatic carbocycles. The van der Waals surface area contributed by atoms with Gasteiger partial charge in [0.25, 0.3) is 5.91 Å². The molecule has 0 aromatic heterocycles. The lowest BCUT2D eigenvalue weighted by Crippen LogP contribution is -2.32. The van der Waals surface area contributed by atoms with Crippen LogP contribution < -0.4 is 15.5 Å². The van der Waals surface area contributed by atoms with Gasteiger partial charge in [0.05, 0.1) is 11.5 Å². The average molecular weight is 442 g/mol. The molecular formula is C28H31N3O2. The number of anilines is 2. The third kappa shape index (κ3) is 5.43. The Hall–Kier alpha value is -3.60. The van der Waals surface area contributed by atoms with E-state index in [1.807, 2.05) is 86.6 Å². The maximum Gasteiger partial charge on any atom is 0.253 e. The van der Waals surface area contributed by atoms with Gasteiger partial charge in [0.15, 0.2) is 0 Å². The van der Waals surface area contributed by atoms with Gasteiger partial charge in [-0.3, -0.25) is 9.59 Å². The largest absolute Gasteiger partial charge is 0.371 e. The second kappa shape index (κ2) is 10.3. The number of rotatable bonds is 7. The molecule has 1 aliphatic rings. The summed E-state index contributed by atoms with van der Waals surface area (Å²) in [5, 5.41) is 6.07. The highest BCUT2D eigenvalue weighted by Gasteiger charge is 2.24. The maximum absolute atomic E-state index is 13.5. The zero-order valence-electron chi connectivity index (χ0n) is 19.3. The smallest absolute Gasteiger partial charge is 0.253 e. The summed E-state index contributed by atoms with van der Waals surface area (Å²) in [5.74, 6) is -0.694. The molecule has 4 rings (SSSR count). The molecular weight excluding hydrogens is 410 g/mol. The fraction of sp³-hybridized carbons (Fsp3) is 0.286. The fourth-order valence-corrected chi connectivity index (χ4v) is 4.37. The van der Waals surface area contributed by atoms with Crippen LogP contribution in [0.15, 0.2) is 78.9 Å².